The lowest BCUT2D eigenvalue weighted by atomic mass is 9.83. The maximum absolute atomic E-state index is 13.7. The van der Waals surface area contributed by atoms with E-state index in [2.05, 4.69) is 58.9 Å². The standard InChI is InChI=1S/C29H30FNO/c1-6-25-20(4)26-16-31(29(32)23-13-10-14-24(30)15-23)17-27(26)21(5)28(25)19(3)18(2)22-11-8-7-9-12-22/h7-15H,6,16-17H2,1-5H3/b19-18+. The van der Waals surface area contributed by atoms with Crippen molar-refractivity contribution < 1.29 is 9.18 Å². The number of carbonyl (C=O) groups is 1. The fourth-order valence-electron chi connectivity index (χ4n) is 5.05. The topological polar surface area (TPSA) is 20.3 Å². The lowest BCUT2D eigenvalue weighted by Crippen LogP contribution is -2.25. The van der Waals surface area contributed by atoms with Crippen LogP contribution in [0, 0.1) is 19.7 Å². The zero-order valence-corrected chi connectivity index (χ0v) is 19.6. The van der Waals surface area contributed by atoms with E-state index in [-0.39, 0.29) is 11.7 Å². The molecule has 0 unspecified atom stereocenters. The Balaban J connectivity index is 1.79. The number of nitrogens with zero attached hydrogens (tertiary/aromatic N) is 1. The van der Waals surface area contributed by atoms with Crippen LogP contribution in [0.4, 0.5) is 4.39 Å². The highest BCUT2D eigenvalue weighted by Crippen LogP contribution is 2.39. The highest BCUT2D eigenvalue weighted by Gasteiger charge is 2.30. The molecule has 1 aliphatic heterocycles. The quantitative estimate of drug-likeness (QED) is 0.406. The van der Waals surface area contributed by atoms with Gasteiger partial charge in [0.2, 0.25) is 0 Å². The van der Waals surface area contributed by atoms with Crippen LogP contribution in [0.25, 0.3) is 11.1 Å². The minimum Gasteiger partial charge on any atom is -0.330 e. The van der Waals surface area contributed by atoms with E-state index >= 15 is 0 Å². The van der Waals surface area contributed by atoms with Crippen LogP contribution in [0.3, 0.4) is 0 Å². The van der Waals surface area contributed by atoms with Gasteiger partial charge < -0.3 is 4.90 Å². The highest BCUT2D eigenvalue weighted by molar-refractivity contribution is 5.95. The van der Waals surface area contributed by atoms with Crippen molar-refractivity contribution in [2.75, 3.05) is 0 Å². The van der Waals surface area contributed by atoms with Gasteiger partial charge in [0.15, 0.2) is 0 Å². The summed E-state index contributed by atoms with van der Waals surface area (Å²) < 4.78 is 13.7. The number of fused-ring (bicyclic) bond motifs is 1. The first-order valence-corrected chi connectivity index (χ1v) is 11.2. The fraction of sp³-hybridized carbons (Fsp3) is 0.276. The maximum Gasteiger partial charge on any atom is 0.254 e. The molecular weight excluding hydrogens is 397 g/mol. The molecule has 32 heavy (non-hydrogen) atoms. The van der Waals surface area contributed by atoms with Crippen LogP contribution in [0.1, 0.15) is 70.1 Å². The first kappa shape index (κ1) is 22.0. The molecule has 1 amide bonds. The number of carbonyl (C=O) groups excluding carboxylic acids is 1. The molecule has 2 nitrogen and oxygen atoms in total. The van der Waals surface area contributed by atoms with E-state index in [4.69, 9.17) is 0 Å². The molecule has 0 saturated heterocycles. The Morgan fingerprint density at radius 1 is 0.875 bits per heavy atom. The molecule has 3 aromatic rings. The summed E-state index contributed by atoms with van der Waals surface area (Å²) in [6.45, 7) is 12.1. The lowest BCUT2D eigenvalue weighted by Gasteiger charge is -2.21. The van der Waals surface area contributed by atoms with Crippen molar-refractivity contribution in [3.05, 3.63) is 105 Å². The van der Waals surface area contributed by atoms with Crippen molar-refractivity contribution in [1.82, 2.24) is 4.90 Å². The van der Waals surface area contributed by atoms with Crippen LogP contribution >= 0.6 is 0 Å². The molecule has 0 bridgehead atoms. The molecule has 1 aliphatic rings. The summed E-state index contributed by atoms with van der Waals surface area (Å²) in [5.41, 5.74) is 11.9. The highest BCUT2D eigenvalue weighted by atomic mass is 19.1. The summed E-state index contributed by atoms with van der Waals surface area (Å²) >= 11 is 0. The summed E-state index contributed by atoms with van der Waals surface area (Å²) in [5, 5.41) is 0. The van der Waals surface area contributed by atoms with E-state index in [9.17, 15) is 9.18 Å². The fourth-order valence-corrected chi connectivity index (χ4v) is 5.05. The van der Waals surface area contributed by atoms with E-state index in [1.165, 1.54) is 62.2 Å². The van der Waals surface area contributed by atoms with Gasteiger partial charge in [0.1, 0.15) is 5.82 Å². The van der Waals surface area contributed by atoms with Crippen LogP contribution in [-0.4, -0.2) is 10.8 Å². The van der Waals surface area contributed by atoms with Crippen LogP contribution < -0.4 is 0 Å². The third kappa shape index (κ3) is 3.77. The Bertz CT molecular complexity index is 1220. The number of benzene rings is 3. The minimum atomic E-state index is -0.382. The van der Waals surface area contributed by atoms with Gasteiger partial charge in [-0.05, 0) is 102 Å². The molecule has 0 saturated carbocycles. The predicted molar refractivity (Wildman–Crippen MR) is 130 cm³/mol. The van der Waals surface area contributed by atoms with E-state index in [0.717, 1.165) is 6.42 Å². The van der Waals surface area contributed by atoms with E-state index in [1.807, 2.05) is 11.0 Å². The molecule has 0 fully saturated rings. The summed E-state index contributed by atoms with van der Waals surface area (Å²) in [4.78, 5) is 14.9. The number of hydrogen-bond acceptors (Lipinski definition) is 1. The number of allylic oxidation sites excluding steroid dienone is 2. The molecule has 3 heteroatoms. The molecule has 0 atom stereocenters. The van der Waals surface area contributed by atoms with Gasteiger partial charge in [0.25, 0.3) is 5.91 Å². The third-order valence-corrected chi connectivity index (χ3v) is 6.95. The Morgan fingerprint density at radius 3 is 2.12 bits per heavy atom. The Labute approximate surface area is 190 Å². The van der Waals surface area contributed by atoms with Crippen molar-refractivity contribution in [3.63, 3.8) is 0 Å². The van der Waals surface area contributed by atoms with Gasteiger partial charge in [0.05, 0.1) is 0 Å². The normalized spacial score (nSPS) is 13.8. The first-order valence-electron chi connectivity index (χ1n) is 11.2. The first-order chi connectivity index (χ1) is 15.3. The molecule has 0 N–H and O–H groups in total. The molecule has 164 valence electrons. The molecule has 4 rings (SSSR count). The van der Waals surface area contributed by atoms with Gasteiger partial charge in [0, 0.05) is 18.7 Å². The third-order valence-electron chi connectivity index (χ3n) is 6.95. The Hall–Kier alpha value is -3.20. The smallest absolute Gasteiger partial charge is 0.254 e. The molecular formula is C29H30FNO. The van der Waals surface area contributed by atoms with E-state index < -0.39 is 0 Å². The van der Waals surface area contributed by atoms with E-state index in [1.54, 1.807) is 12.1 Å². The van der Waals surface area contributed by atoms with Gasteiger partial charge in [-0.1, -0.05) is 43.3 Å². The summed E-state index contributed by atoms with van der Waals surface area (Å²) in [5.74, 6) is -0.501. The monoisotopic (exact) mass is 427 g/mol. The predicted octanol–water partition coefficient (Wildman–Crippen LogP) is 7.11. The second-order valence-corrected chi connectivity index (χ2v) is 8.70. The van der Waals surface area contributed by atoms with Crippen molar-refractivity contribution in [2.24, 2.45) is 0 Å². The summed E-state index contributed by atoms with van der Waals surface area (Å²) in [7, 11) is 0. The van der Waals surface area contributed by atoms with Crippen molar-refractivity contribution in [1.29, 1.82) is 0 Å². The Kier molecular flexibility index (Phi) is 6.01. The second kappa shape index (κ2) is 8.74. The van der Waals surface area contributed by atoms with Crippen LogP contribution in [-0.2, 0) is 19.5 Å². The zero-order chi connectivity index (χ0) is 23.0. The van der Waals surface area contributed by atoms with Crippen LogP contribution in [0.5, 0.6) is 0 Å². The molecule has 0 spiro atoms. The van der Waals surface area contributed by atoms with Gasteiger partial charge in [-0.25, -0.2) is 4.39 Å². The largest absolute Gasteiger partial charge is 0.330 e. The van der Waals surface area contributed by atoms with Crippen molar-refractivity contribution in [2.45, 2.75) is 54.1 Å². The van der Waals surface area contributed by atoms with Gasteiger partial charge in [-0.2, -0.15) is 0 Å². The molecule has 0 radical (unpaired) electrons. The number of rotatable bonds is 4. The number of halogens is 1. The summed E-state index contributed by atoms with van der Waals surface area (Å²) in [6.07, 6.45) is 0.937. The SMILES string of the molecule is CCc1c(C)c2c(c(C)c1/C(C)=C(\C)c1ccccc1)CN(C(=O)c1cccc(F)c1)C2. The van der Waals surface area contributed by atoms with Gasteiger partial charge in [-0.3, -0.25) is 4.79 Å². The van der Waals surface area contributed by atoms with Crippen molar-refractivity contribution in [3.8, 4) is 0 Å². The van der Waals surface area contributed by atoms with Gasteiger partial charge >= 0.3 is 0 Å². The average molecular weight is 428 g/mol. The maximum atomic E-state index is 13.7. The van der Waals surface area contributed by atoms with Crippen LogP contribution in [0.2, 0.25) is 0 Å². The summed E-state index contributed by atoms with van der Waals surface area (Å²) in [6, 6.07) is 16.5. The minimum absolute atomic E-state index is 0.119. The van der Waals surface area contributed by atoms with Gasteiger partial charge in [-0.15, -0.1) is 0 Å². The van der Waals surface area contributed by atoms with Crippen molar-refractivity contribution >= 4 is 17.1 Å². The second-order valence-electron chi connectivity index (χ2n) is 8.70. The van der Waals surface area contributed by atoms with E-state index in [0.29, 0.717) is 18.7 Å². The van der Waals surface area contributed by atoms with Crippen LogP contribution in [0.15, 0.2) is 54.6 Å². The molecule has 0 aliphatic carbocycles. The number of hydrogen-bond donors (Lipinski definition) is 0. The zero-order valence-electron chi connectivity index (χ0n) is 19.6. The molecule has 3 aromatic carbocycles. The lowest BCUT2D eigenvalue weighted by molar-refractivity contribution is 0.0750. The molecule has 1 heterocycles. The number of amides is 1. The molecule has 0 aromatic heterocycles. The Morgan fingerprint density at radius 2 is 1.50 bits per heavy atom. The average Bonchev–Trinajstić information content (AvgIpc) is 3.26.